The van der Waals surface area contributed by atoms with Crippen LogP contribution >= 0.6 is 0 Å². The van der Waals surface area contributed by atoms with Gasteiger partial charge in [0.2, 0.25) is 5.91 Å². The lowest BCUT2D eigenvalue weighted by molar-refractivity contribution is -0.127. The normalized spacial score (nSPS) is 19.2. The van der Waals surface area contributed by atoms with E-state index in [9.17, 15) is 13.6 Å². The Morgan fingerprint density at radius 1 is 1.00 bits per heavy atom. The van der Waals surface area contributed by atoms with Gasteiger partial charge in [0.25, 0.3) is 0 Å². The number of ether oxygens (including phenoxy) is 1. The number of nitrogens with zero attached hydrogens (tertiary/aromatic N) is 2. The van der Waals surface area contributed by atoms with Crippen molar-refractivity contribution in [3.8, 4) is 0 Å². The van der Waals surface area contributed by atoms with Gasteiger partial charge < -0.3 is 14.6 Å². The van der Waals surface area contributed by atoms with Crippen LogP contribution in [0.4, 0.5) is 8.78 Å². The van der Waals surface area contributed by atoms with Gasteiger partial charge in [-0.25, -0.2) is 13.8 Å². The van der Waals surface area contributed by atoms with E-state index >= 15 is 0 Å². The van der Waals surface area contributed by atoms with Gasteiger partial charge in [0.1, 0.15) is 18.0 Å². The number of fused-ring (bicyclic) bond motifs is 1. The third-order valence-electron chi connectivity index (χ3n) is 7.68. The van der Waals surface area contributed by atoms with Crippen molar-refractivity contribution in [2.75, 3.05) is 7.11 Å². The third kappa shape index (κ3) is 4.83. The van der Waals surface area contributed by atoms with Gasteiger partial charge >= 0.3 is 0 Å². The third-order valence-corrected chi connectivity index (χ3v) is 7.68. The van der Waals surface area contributed by atoms with Gasteiger partial charge in [-0.2, -0.15) is 0 Å². The van der Waals surface area contributed by atoms with E-state index in [4.69, 9.17) is 9.72 Å². The van der Waals surface area contributed by atoms with Crippen molar-refractivity contribution in [3.63, 3.8) is 0 Å². The first kappa shape index (κ1) is 23.9. The number of nitrogens with one attached hydrogen (secondary N) is 1. The number of hydrogen-bond donors (Lipinski definition) is 1. The van der Waals surface area contributed by atoms with Crippen molar-refractivity contribution in [3.05, 3.63) is 65.5 Å². The second-order valence-electron chi connectivity index (χ2n) is 9.95. The zero-order valence-electron chi connectivity index (χ0n) is 20.2. The number of aromatic nitrogens is 2. The molecule has 186 valence electrons. The number of benzene rings is 2. The van der Waals surface area contributed by atoms with Crippen LogP contribution in [-0.2, 0) is 9.53 Å². The Morgan fingerprint density at radius 2 is 1.66 bits per heavy atom. The lowest BCUT2D eigenvalue weighted by Gasteiger charge is -2.33. The van der Waals surface area contributed by atoms with Gasteiger partial charge in [0.15, 0.2) is 11.6 Å². The molecule has 1 aromatic heterocycles. The minimum atomic E-state index is -0.952. The molecule has 0 radical (unpaired) electrons. The fourth-order valence-electron chi connectivity index (χ4n) is 5.95. The molecule has 35 heavy (non-hydrogen) atoms. The molecule has 0 bridgehead atoms. The lowest BCUT2D eigenvalue weighted by atomic mass is 9.83. The topological polar surface area (TPSA) is 56.2 Å². The molecule has 3 aromatic rings. The number of carbonyl (C=O) groups is 1. The Kier molecular flexibility index (Phi) is 7.14. The summed E-state index contributed by atoms with van der Waals surface area (Å²) in [6.07, 6.45) is 8.67. The van der Waals surface area contributed by atoms with Crippen LogP contribution in [0.5, 0.6) is 0 Å². The highest BCUT2D eigenvalue weighted by molar-refractivity contribution is 5.85. The Labute approximate surface area is 204 Å². The van der Waals surface area contributed by atoms with Crippen LogP contribution in [0.15, 0.2) is 42.5 Å². The summed E-state index contributed by atoms with van der Waals surface area (Å²) in [5, 5.41) is 3.28. The van der Waals surface area contributed by atoms with Crippen LogP contribution in [0, 0.1) is 17.6 Å². The molecular weight excluding hydrogens is 448 g/mol. The lowest BCUT2D eigenvalue weighted by Crippen LogP contribution is -2.42. The molecule has 2 aliphatic carbocycles. The van der Waals surface area contributed by atoms with Crippen LogP contribution < -0.4 is 5.32 Å². The maximum Gasteiger partial charge on any atom is 0.243 e. The van der Waals surface area contributed by atoms with Gasteiger partial charge in [0, 0.05) is 25.3 Å². The van der Waals surface area contributed by atoms with Gasteiger partial charge in [0.05, 0.1) is 11.0 Å². The largest absolute Gasteiger partial charge is 0.369 e. The Bertz CT molecular complexity index is 1170. The second-order valence-corrected chi connectivity index (χ2v) is 9.95. The van der Waals surface area contributed by atoms with E-state index in [1.54, 1.807) is 7.11 Å². The average molecular weight is 482 g/mol. The average Bonchev–Trinajstić information content (AvgIpc) is 3.50. The predicted octanol–water partition coefficient (Wildman–Crippen LogP) is 6.23. The minimum absolute atomic E-state index is 0.0583. The Hall–Kier alpha value is -2.80. The standard InChI is InChI=1S/C28H33F2N3O2/c1-35-26(19-12-6-3-7-13-19)27-32-23-16-21(29)22(30)17-24(23)33(27)25(18-10-4-2-5-11-18)28(34)31-20-14-8-9-15-20/h3,6-7,12-13,16-18,20,25-26H,2,4-5,8-11,14-15H2,1H3,(H,31,34)/t25-,26?/m0/s1. The number of imidazole rings is 1. The summed E-state index contributed by atoms with van der Waals surface area (Å²) in [6, 6.07) is 11.5. The fourth-order valence-corrected chi connectivity index (χ4v) is 5.95. The molecule has 2 aliphatic rings. The molecule has 2 aromatic carbocycles. The molecule has 5 rings (SSSR count). The molecule has 1 heterocycles. The van der Waals surface area contributed by atoms with E-state index in [0.29, 0.717) is 16.9 Å². The maximum atomic E-state index is 14.5. The summed E-state index contributed by atoms with van der Waals surface area (Å²) in [5.74, 6) is -1.37. The second kappa shape index (κ2) is 10.4. The van der Waals surface area contributed by atoms with Gasteiger partial charge in [-0.05, 0) is 37.2 Å². The van der Waals surface area contributed by atoms with Crippen molar-refractivity contribution < 1.29 is 18.3 Å². The van der Waals surface area contributed by atoms with Crippen LogP contribution in [0.3, 0.4) is 0 Å². The van der Waals surface area contributed by atoms with E-state index in [1.807, 2.05) is 34.9 Å². The van der Waals surface area contributed by atoms with Gasteiger partial charge in [-0.15, -0.1) is 0 Å². The smallest absolute Gasteiger partial charge is 0.243 e. The van der Waals surface area contributed by atoms with E-state index in [2.05, 4.69) is 5.32 Å². The van der Waals surface area contributed by atoms with Crippen molar-refractivity contribution in [2.24, 2.45) is 5.92 Å². The summed E-state index contributed by atoms with van der Waals surface area (Å²) in [5.41, 5.74) is 1.62. The highest BCUT2D eigenvalue weighted by atomic mass is 19.2. The van der Waals surface area contributed by atoms with Crippen molar-refractivity contribution in [1.82, 2.24) is 14.9 Å². The van der Waals surface area contributed by atoms with Crippen molar-refractivity contribution in [2.45, 2.75) is 76.0 Å². The van der Waals surface area contributed by atoms with E-state index in [-0.39, 0.29) is 17.9 Å². The minimum Gasteiger partial charge on any atom is -0.369 e. The molecule has 1 unspecified atom stereocenters. The fraction of sp³-hybridized carbons (Fsp3) is 0.500. The summed E-state index contributed by atoms with van der Waals surface area (Å²) >= 11 is 0. The summed E-state index contributed by atoms with van der Waals surface area (Å²) < 4.78 is 36.5. The first-order valence-corrected chi connectivity index (χ1v) is 12.8. The monoisotopic (exact) mass is 481 g/mol. The highest BCUT2D eigenvalue weighted by Gasteiger charge is 2.37. The zero-order valence-corrected chi connectivity index (χ0v) is 20.2. The SMILES string of the molecule is COC(c1ccccc1)c1nc2cc(F)c(F)cc2n1[C@H](C(=O)NC1CCCC1)C1CCCCC1. The molecule has 1 amide bonds. The molecule has 0 spiro atoms. The first-order valence-electron chi connectivity index (χ1n) is 12.8. The maximum absolute atomic E-state index is 14.5. The molecule has 0 saturated heterocycles. The number of halogens is 2. The van der Waals surface area contributed by atoms with Crippen LogP contribution in [0.25, 0.3) is 11.0 Å². The zero-order chi connectivity index (χ0) is 24.4. The van der Waals surface area contributed by atoms with Crippen molar-refractivity contribution in [1.29, 1.82) is 0 Å². The highest BCUT2D eigenvalue weighted by Crippen LogP contribution is 2.39. The molecule has 2 saturated carbocycles. The first-order chi connectivity index (χ1) is 17.1. The van der Waals surface area contributed by atoms with E-state index < -0.39 is 23.8 Å². The summed E-state index contributed by atoms with van der Waals surface area (Å²) in [7, 11) is 1.59. The predicted molar refractivity (Wildman–Crippen MR) is 131 cm³/mol. The molecule has 7 heteroatoms. The number of rotatable bonds is 7. The number of amides is 1. The van der Waals surface area contributed by atoms with Crippen molar-refractivity contribution >= 4 is 16.9 Å². The molecule has 5 nitrogen and oxygen atoms in total. The number of hydrogen-bond acceptors (Lipinski definition) is 3. The number of methoxy groups -OCH3 is 1. The van der Waals surface area contributed by atoms with E-state index in [0.717, 1.165) is 69.4 Å². The molecule has 2 atom stereocenters. The Balaban J connectivity index is 1.68. The van der Waals surface area contributed by atoms with Crippen LogP contribution in [0.1, 0.15) is 81.3 Å². The summed E-state index contributed by atoms with van der Waals surface area (Å²) in [6.45, 7) is 0. The van der Waals surface area contributed by atoms with Crippen LogP contribution in [-0.4, -0.2) is 28.6 Å². The molecule has 1 N–H and O–H groups in total. The van der Waals surface area contributed by atoms with E-state index in [1.165, 1.54) is 6.07 Å². The molecule has 0 aliphatic heterocycles. The van der Waals surface area contributed by atoms with Gasteiger partial charge in [-0.3, -0.25) is 4.79 Å². The van der Waals surface area contributed by atoms with Gasteiger partial charge in [-0.1, -0.05) is 62.4 Å². The molecule has 2 fully saturated rings. The summed E-state index contributed by atoms with van der Waals surface area (Å²) in [4.78, 5) is 18.7. The Morgan fingerprint density at radius 3 is 2.34 bits per heavy atom. The van der Waals surface area contributed by atoms with Crippen LogP contribution in [0.2, 0.25) is 0 Å². The number of carbonyl (C=O) groups excluding carboxylic acids is 1. The quantitative estimate of drug-likeness (QED) is 0.435. The molecular formula is C28H33F2N3O2.